The molecule has 88 valence electrons. The highest BCUT2D eigenvalue weighted by Gasteiger charge is 2.00. The van der Waals surface area contributed by atoms with Gasteiger partial charge in [0.1, 0.15) is 5.75 Å². The van der Waals surface area contributed by atoms with Gasteiger partial charge in [-0.3, -0.25) is 0 Å². The molecule has 0 radical (unpaired) electrons. The predicted molar refractivity (Wildman–Crippen MR) is 71.4 cm³/mol. The first-order valence-corrected chi connectivity index (χ1v) is 5.99. The molecule has 2 aromatic rings. The molecule has 0 aliphatic rings. The Morgan fingerprint density at radius 2 is 1.59 bits per heavy atom. The lowest BCUT2D eigenvalue weighted by Crippen LogP contribution is -1.94. The zero-order chi connectivity index (χ0) is 12.3. The lowest BCUT2D eigenvalue weighted by Gasteiger charge is -2.07. The van der Waals surface area contributed by atoms with Crippen molar-refractivity contribution in [1.29, 1.82) is 0 Å². The van der Waals surface area contributed by atoms with Crippen molar-refractivity contribution >= 4 is 0 Å². The van der Waals surface area contributed by atoms with E-state index in [4.69, 9.17) is 0 Å². The Morgan fingerprint density at radius 3 is 2.29 bits per heavy atom. The summed E-state index contributed by atoms with van der Waals surface area (Å²) < 4.78 is 0. The lowest BCUT2D eigenvalue weighted by atomic mass is 9.99. The van der Waals surface area contributed by atoms with Crippen LogP contribution in [0, 0.1) is 13.8 Å². The van der Waals surface area contributed by atoms with Gasteiger partial charge >= 0.3 is 0 Å². The van der Waals surface area contributed by atoms with E-state index in [1.165, 1.54) is 22.3 Å². The second kappa shape index (κ2) is 5.05. The molecule has 1 N–H and O–H groups in total. The molecular weight excluding hydrogens is 208 g/mol. The largest absolute Gasteiger partial charge is 0.508 e. The standard InChI is InChI=1S/C16H18O/c1-12-3-4-13(2)15(11-12)8-5-14-6-9-16(17)10-7-14/h3-4,6-7,9-11,17H,5,8H2,1-2H3. The summed E-state index contributed by atoms with van der Waals surface area (Å²) >= 11 is 0. The Kier molecular flexibility index (Phi) is 3.48. The second-order valence-electron chi connectivity index (χ2n) is 4.60. The van der Waals surface area contributed by atoms with Crippen LogP contribution >= 0.6 is 0 Å². The van der Waals surface area contributed by atoms with Gasteiger partial charge in [0, 0.05) is 0 Å². The maximum atomic E-state index is 9.22. The van der Waals surface area contributed by atoms with Crippen LogP contribution in [-0.2, 0) is 12.8 Å². The third-order valence-corrected chi connectivity index (χ3v) is 3.12. The molecule has 0 heterocycles. The quantitative estimate of drug-likeness (QED) is 0.844. The van der Waals surface area contributed by atoms with E-state index in [0.29, 0.717) is 5.75 Å². The molecule has 0 bridgehead atoms. The fraction of sp³-hybridized carbons (Fsp3) is 0.250. The van der Waals surface area contributed by atoms with Crippen molar-refractivity contribution in [2.75, 3.05) is 0 Å². The maximum Gasteiger partial charge on any atom is 0.115 e. The Balaban J connectivity index is 2.07. The first-order valence-electron chi connectivity index (χ1n) is 5.99. The molecule has 0 unspecified atom stereocenters. The van der Waals surface area contributed by atoms with Gasteiger partial charge in [0.15, 0.2) is 0 Å². The van der Waals surface area contributed by atoms with Crippen molar-refractivity contribution in [3.8, 4) is 5.75 Å². The first kappa shape index (κ1) is 11.7. The summed E-state index contributed by atoms with van der Waals surface area (Å²) in [6.45, 7) is 4.29. The molecule has 17 heavy (non-hydrogen) atoms. The first-order chi connectivity index (χ1) is 8.15. The van der Waals surface area contributed by atoms with E-state index in [1.807, 2.05) is 12.1 Å². The van der Waals surface area contributed by atoms with E-state index >= 15 is 0 Å². The van der Waals surface area contributed by atoms with Crippen LogP contribution in [0.5, 0.6) is 5.75 Å². The van der Waals surface area contributed by atoms with Crippen molar-refractivity contribution in [1.82, 2.24) is 0 Å². The van der Waals surface area contributed by atoms with Gasteiger partial charge in [0.2, 0.25) is 0 Å². The molecule has 2 rings (SSSR count). The average molecular weight is 226 g/mol. The number of aryl methyl sites for hydroxylation is 4. The lowest BCUT2D eigenvalue weighted by molar-refractivity contribution is 0.475. The van der Waals surface area contributed by atoms with Crippen LogP contribution in [0.1, 0.15) is 22.3 Å². The van der Waals surface area contributed by atoms with E-state index < -0.39 is 0 Å². The van der Waals surface area contributed by atoms with Crippen LogP contribution in [0.4, 0.5) is 0 Å². The molecule has 0 spiro atoms. The summed E-state index contributed by atoms with van der Waals surface area (Å²) in [6, 6.07) is 14.1. The Morgan fingerprint density at radius 1 is 0.882 bits per heavy atom. The molecule has 0 saturated carbocycles. The number of hydrogen-bond acceptors (Lipinski definition) is 1. The van der Waals surface area contributed by atoms with Crippen LogP contribution < -0.4 is 0 Å². The van der Waals surface area contributed by atoms with Gasteiger partial charge in [-0.25, -0.2) is 0 Å². The monoisotopic (exact) mass is 226 g/mol. The maximum absolute atomic E-state index is 9.22. The normalized spacial score (nSPS) is 10.5. The van der Waals surface area contributed by atoms with Crippen molar-refractivity contribution in [3.05, 3.63) is 64.7 Å². The fourth-order valence-corrected chi connectivity index (χ4v) is 2.01. The fourth-order valence-electron chi connectivity index (χ4n) is 2.01. The predicted octanol–water partition coefficient (Wildman–Crippen LogP) is 3.79. The molecule has 1 heteroatoms. The molecule has 0 saturated heterocycles. The highest BCUT2D eigenvalue weighted by molar-refractivity contribution is 5.32. The molecule has 0 amide bonds. The third-order valence-electron chi connectivity index (χ3n) is 3.12. The third kappa shape index (κ3) is 3.10. The Hall–Kier alpha value is -1.76. The van der Waals surface area contributed by atoms with Crippen molar-refractivity contribution in [2.24, 2.45) is 0 Å². The Bertz CT molecular complexity index is 497. The van der Waals surface area contributed by atoms with Gasteiger partial charge in [0.25, 0.3) is 0 Å². The number of benzene rings is 2. The van der Waals surface area contributed by atoms with Crippen molar-refractivity contribution < 1.29 is 5.11 Å². The highest BCUT2D eigenvalue weighted by Crippen LogP contribution is 2.15. The summed E-state index contributed by atoms with van der Waals surface area (Å²) in [5.41, 5.74) is 5.35. The number of hydrogen-bond donors (Lipinski definition) is 1. The molecular formula is C16H18O. The highest BCUT2D eigenvalue weighted by atomic mass is 16.3. The summed E-state index contributed by atoms with van der Waals surface area (Å²) in [7, 11) is 0. The number of aromatic hydroxyl groups is 1. The van der Waals surface area contributed by atoms with Crippen LogP contribution in [0.25, 0.3) is 0 Å². The molecule has 0 atom stereocenters. The van der Waals surface area contributed by atoms with Crippen molar-refractivity contribution in [3.63, 3.8) is 0 Å². The van der Waals surface area contributed by atoms with Gasteiger partial charge < -0.3 is 5.11 Å². The van der Waals surface area contributed by atoms with Gasteiger partial charge in [-0.15, -0.1) is 0 Å². The zero-order valence-corrected chi connectivity index (χ0v) is 10.4. The van der Waals surface area contributed by atoms with Gasteiger partial charge in [-0.1, -0.05) is 35.9 Å². The summed E-state index contributed by atoms with van der Waals surface area (Å²) in [6.07, 6.45) is 2.07. The SMILES string of the molecule is Cc1ccc(C)c(CCc2ccc(O)cc2)c1. The molecule has 0 aromatic heterocycles. The van der Waals surface area contributed by atoms with E-state index in [2.05, 4.69) is 32.0 Å². The number of phenols is 1. The average Bonchev–Trinajstić information content (AvgIpc) is 2.32. The van der Waals surface area contributed by atoms with E-state index in [-0.39, 0.29) is 0 Å². The van der Waals surface area contributed by atoms with E-state index in [1.54, 1.807) is 12.1 Å². The van der Waals surface area contributed by atoms with E-state index in [0.717, 1.165) is 12.8 Å². The van der Waals surface area contributed by atoms with E-state index in [9.17, 15) is 5.11 Å². The molecule has 0 aliphatic carbocycles. The molecule has 0 fully saturated rings. The topological polar surface area (TPSA) is 20.2 Å². The van der Waals surface area contributed by atoms with Gasteiger partial charge in [-0.2, -0.15) is 0 Å². The van der Waals surface area contributed by atoms with Crippen LogP contribution in [0.3, 0.4) is 0 Å². The van der Waals surface area contributed by atoms with Crippen LogP contribution in [0.2, 0.25) is 0 Å². The van der Waals surface area contributed by atoms with Crippen LogP contribution in [0.15, 0.2) is 42.5 Å². The minimum Gasteiger partial charge on any atom is -0.508 e. The minimum atomic E-state index is 0.334. The van der Waals surface area contributed by atoms with Crippen molar-refractivity contribution in [2.45, 2.75) is 26.7 Å². The second-order valence-corrected chi connectivity index (χ2v) is 4.60. The molecule has 1 nitrogen and oxygen atoms in total. The Labute approximate surface area is 103 Å². The summed E-state index contributed by atoms with van der Waals surface area (Å²) in [5, 5.41) is 9.22. The van der Waals surface area contributed by atoms with Crippen LogP contribution in [-0.4, -0.2) is 5.11 Å². The summed E-state index contributed by atoms with van der Waals surface area (Å²) in [4.78, 5) is 0. The molecule has 2 aromatic carbocycles. The zero-order valence-electron chi connectivity index (χ0n) is 10.4. The number of phenolic OH excluding ortho intramolecular Hbond substituents is 1. The molecule has 0 aliphatic heterocycles. The number of rotatable bonds is 3. The van der Waals surface area contributed by atoms with Gasteiger partial charge in [0.05, 0.1) is 0 Å². The summed E-state index contributed by atoms with van der Waals surface area (Å²) in [5.74, 6) is 0.334. The van der Waals surface area contributed by atoms with Gasteiger partial charge in [-0.05, 0) is 55.5 Å². The minimum absolute atomic E-state index is 0.334. The smallest absolute Gasteiger partial charge is 0.115 e.